The second-order valence-corrected chi connectivity index (χ2v) is 11.6. The number of aromatic nitrogens is 2. The predicted octanol–water partition coefficient (Wildman–Crippen LogP) is 5.77. The quantitative estimate of drug-likeness (QED) is 0.394. The summed E-state index contributed by atoms with van der Waals surface area (Å²) >= 11 is 0. The van der Waals surface area contributed by atoms with E-state index in [4.69, 9.17) is 0 Å². The summed E-state index contributed by atoms with van der Waals surface area (Å²) in [5.74, 6) is 0.356. The first kappa shape index (κ1) is 25.8. The van der Waals surface area contributed by atoms with Crippen molar-refractivity contribution in [3.63, 3.8) is 0 Å². The van der Waals surface area contributed by atoms with E-state index in [-0.39, 0.29) is 22.8 Å². The molecule has 7 heteroatoms. The van der Waals surface area contributed by atoms with Gasteiger partial charge in [-0.25, -0.2) is 18.4 Å². The lowest BCUT2D eigenvalue weighted by Gasteiger charge is -2.23. The van der Waals surface area contributed by atoms with Crippen molar-refractivity contribution in [3.05, 3.63) is 90.0 Å². The standard InChI is InChI=1S/C29H33N3O3S/c1-5-27(23-13-9-10-14-23)36(34,35)28-16-24(22-11-7-6-8-12-22)15-26(19(28)2)29(33)32-20(3)25-17-30-21(4)31-18-25/h5-8,11-12,15-18,20,23,27H,1,9-10,13-14H2,2-4H3,(H,32,33). The third-order valence-corrected chi connectivity index (χ3v) is 9.45. The average molecular weight is 504 g/mol. The van der Waals surface area contributed by atoms with Gasteiger partial charge in [0.15, 0.2) is 9.84 Å². The van der Waals surface area contributed by atoms with E-state index in [1.54, 1.807) is 44.4 Å². The molecule has 1 saturated carbocycles. The maximum atomic E-state index is 14.0. The van der Waals surface area contributed by atoms with Crippen LogP contribution in [0.4, 0.5) is 0 Å². The molecule has 1 heterocycles. The molecule has 6 nitrogen and oxygen atoms in total. The van der Waals surface area contributed by atoms with Gasteiger partial charge in [0, 0.05) is 23.5 Å². The van der Waals surface area contributed by atoms with Gasteiger partial charge in [-0.15, -0.1) is 6.58 Å². The molecule has 188 valence electrons. The Labute approximate surface area is 213 Å². The number of amides is 1. The van der Waals surface area contributed by atoms with Crippen molar-refractivity contribution >= 4 is 15.7 Å². The van der Waals surface area contributed by atoms with Crippen LogP contribution in [0.3, 0.4) is 0 Å². The molecule has 0 radical (unpaired) electrons. The predicted molar refractivity (Wildman–Crippen MR) is 142 cm³/mol. The van der Waals surface area contributed by atoms with Gasteiger partial charge < -0.3 is 5.32 Å². The second kappa shape index (κ2) is 10.7. The van der Waals surface area contributed by atoms with Crippen molar-refractivity contribution in [2.45, 2.75) is 62.6 Å². The molecular formula is C29H33N3O3S. The SMILES string of the molecule is C=CC(C1CCCC1)S(=O)(=O)c1cc(-c2ccccc2)cc(C(=O)NC(C)c2cnc(C)nc2)c1C. The summed E-state index contributed by atoms with van der Waals surface area (Å²) < 4.78 is 28.0. The fourth-order valence-corrected chi connectivity index (χ4v) is 7.16. The average Bonchev–Trinajstić information content (AvgIpc) is 3.39. The zero-order valence-corrected chi connectivity index (χ0v) is 21.9. The lowest BCUT2D eigenvalue weighted by atomic mass is 9.98. The smallest absolute Gasteiger partial charge is 0.252 e. The van der Waals surface area contributed by atoms with Crippen LogP contribution in [-0.2, 0) is 9.84 Å². The van der Waals surface area contributed by atoms with Crippen molar-refractivity contribution < 1.29 is 13.2 Å². The fourth-order valence-electron chi connectivity index (χ4n) is 5.01. The minimum atomic E-state index is -3.76. The van der Waals surface area contributed by atoms with Crippen LogP contribution in [0.5, 0.6) is 0 Å². The van der Waals surface area contributed by atoms with Gasteiger partial charge in [0.1, 0.15) is 5.82 Å². The van der Waals surface area contributed by atoms with Crippen LogP contribution in [0.1, 0.15) is 66.0 Å². The zero-order chi connectivity index (χ0) is 25.9. The topological polar surface area (TPSA) is 89.0 Å². The number of aryl methyl sites for hydroxylation is 1. The molecule has 0 spiro atoms. The number of benzene rings is 2. The molecule has 0 bridgehead atoms. The third kappa shape index (κ3) is 5.26. The Morgan fingerprint density at radius 3 is 2.31 bits per heavy atom. The summed E-state index contributed by atoms with van der Waals surface area (Å²) in [4.78, 5) is 22.1. The molecule has 1 fully saturated rings. The highest BCUT2D eigenvalue weighted by Gasteiger charge is 2.36. The van der Waals surface area contributed by atoms with E-state index < -0.39 is 15.1 Å². The molecule has 2 unspecified atom stereocenters. The van der Waals surface area contributed by atoms with Crippen molar-refractivity contribution in [1.29, 1.82) is 0 Å². The van der Waals surface area contributed by atoms with Gasteiger partial charge in [-0.1, -0.05) is 49.2 Å². The number of sulfone groups is 1. The van der Waals surface area contributed by atoms with Crippen molar-refractivity contribution in [2.24, 2.45) is 5.92 Å². The number of carbonyl (C=O) groups excluding carboxylic acids is 1. The maximum Gasteiger partial charge on any atom is 0.252 e. The summed E-state index contributed by atoms with van der Waals surface area (Å²) in [6.45, 7) is 9.24. The molecule has 1 N–H and O–H groups in total. The zero-order valence-electron chi connectivity index (χ0n) is 21.1. The van der Waals surface area contributed by atoms with Crippen LogP contribution in [0, 0.1) is 19.8 Å². The Kier molecular flexibility index (Phi) is 7.69. The molecule has 4 rings (SSSR count). The highest BCUT2D eigenvalue weighted by atomic mass is 32.2. The lowest BCUT2D eigenvalue weighted by molar-refractivity contribution is 0.0939. The Morgan fingerprint density at radius 1 is 1.06 bits per heavy atom. The Morgan fingerprint density at radius 2 is 1.69 bits per heavy atom. The van der Waals surface area contributed by atoms with Gasteiger partial charge >= 0.3 is 0 Å². The first-order valence-electron chi connectivity index (χ1n) is 12.4. The molecule has 36 heavy (non-hydrogen) atoms. The van der Waals surface area contributed by atoms with Gasteiger partial charge in [-0.3, -0.25) is 4.79 Å². The molecule has 3 aromatic rings. The molecule has 0 saturated heterocycles. The van der Waals surface area contributed by atoms with Crippen LogP contribution < -0.4 is 5.32 Å². The number of carbonyl (C=O) groups is 1. The van der Waals surface area contributed by atoms with Crippen LogP contribution in [0.25, 0.3) is 11.1 Å². The number of nitrogens with one attached hydrogen (secondary N) is 1. The van der Waals surface area contributed by atoms with E-state index in [1.807, 2.05) is 37.3 Å². The summed E-state index contributed by atoms with van der Waals surface area (Å²) in [5, 5.41) is 2.32. The van der Waals surface area contributed by atoms with E-state index in [0.717, 1.165) is 36.8 Å². The van der Waals surface area contributed by atoms with Crippen molar-refractivity contribution in [2.75, 3.05) is 0 Å². The van der Waals surface area contributed by atoms with Crippen LogP contribution in [-0.4, -0.2) is 29.5 Å². The largest absolute Gasteiger partial charge is 0.345 e. The lowest BCUT2D eigenvalue weighted by Crippen LogP contribution is -2.30. The van der Waals surface area contributed by atoms with Gasteiger partial charge in [0.05, 0.1) is 16.2 Å². The maximum absolute atomic E-state index is 14.0. The number of hydrogen-bond donors (Lipinski definition) is 1. The summed E-state index contributed by atoms with van der Waals surface area (Å²) in [6, 6.07) is 12.7. The fraction of sp³-hybridized carbons (Fsp3) is 0.345. The molecule has 1 aliphatic carbocycles. The minimum Gasteiger partial charge on any atom is -0.345 e. The first-order chi connectivity index (χ1) is 17.2. The first-order valence-corrected chi connectivity index (χ1v) is 13.9. The molecule has 0 aliphatic heterocycles. The van der Waals surface area contributed by atoms with Gasteiger partial charge in [-0.2, -0.15) is 0 Å². The van der Waals surface area contributed by atoms with E-state index in [1.165, 1.54) is 0 Å². The minimum absolute atomic E-state index is 0.0473. The van der Waals surface area contributed by atoms with E-state index in [9.17, 15) is 13.2 Å². The molecular weight excluding hydrogens is 470 g/mol. The van der Waals surface area contributed by atoms with Crippen LogP contribution in [0.2, 0.25) is 0 Å². The van der Waals surface area contributed by atoms with Gasteiger partial charge in [0.25, 0.3) is 5.91 Å². The molecule has 2 atom stereocenters. The number of nitrogens with zero attached hydrogens (tertiary/aromatic N) is 2. The van der Waals surface area contributed by atoms with E-state index in [2.05, 4.69) is 21.9 Å². The van der Waals surface area contributed by atoms with E-state index in [0.29, 0.717) is 22.5 Å². The highest BCUT2D eigenvalue weighted by molar-refractivity contribution is 7.92. The molecule has 1 aliphatic rings. The van der Waals surface area contributed by atoms with Crippen molar-refractivity contribution in [1.82, 2.24) is 15.3 Å². The number of rotatable bonds is 8. The monoisotopic (exact) mass is 503 g/mol. The Bertz CT molecular complexity index is 1350. The molecule has 2 aromatic carbocycles. The van der Waals surface area contributed by atoms with Gasteiger partial charge in [-0.05, 0) is 68.4 Å². The van der Waals surface area contributed by atoms with Crippen molar-refractivity contribution in [3.8, 4) is 11.1 Å². The Balaban J connectivity index is 1.78. The summed E-state index contributed by atoms with van der Waals surface area (Å²) in [6.07, 6.45) is 8.75. The highest BCUT2D eigenvalue weighted by Crippen LogP contribution is 2.37. The number of hydrogen-bond acceptors (Lipinski definition) is 5. The second-order valence-electron chi connectivity index (χ2n) is 9.56. The van der Waals surface area contributed by atoms with Crippen LogP contribution >= 0.6 is 0 Å². The third-order valence-electron chi connectivity index (χ3n) is 7.12. The summed E-state index contributed by atoms with van der Waals surface area (Å²) in [7, 11) is -3.76. The van der Waals surface area contributed by atoms with Gasteiger partial charge in [0.2, 0.25) is 0 Å². The van der Waals surface area contributed by atoms with E-state index >= 15 is 0 Å². The normalized spacial score (nSPS) is 15.9. The Hall–Kier alpha value is -3.32. The summed E-state index contributed by atoms with van der Waals surface area (Å²) in [5.41, 5.74) is 3.09. The molecule has 1 aromatic heterocycles. The molecule has 1 amide bonds. The van der Waals surface area contributed by atoms with Crippen LogP contribution in [0.15, 0.2) is 72.4 Å².